The zero-order valence-corrected chi connectivity index (χ0v) is 5.21. The van der Waals surface area contributed by atoms with Gasteiger partial charge in [-0.15, -0.1) is 0 Å². The Bertz CT molecular complexity index is 90.6. The summed E-state index contributed by atoms with van der Waals surface area (Å²) in [5.41, 5.74) is 0. The zero-order valence-electron chi connectivity index (χ0n) is 5.21. The molecule has 1 heterocycles. The Labute approximate surface area is 57.5 Å². The van der Waals surface area contributed by atoms with E-state index in [4.69, 9.17) is 20.4 Å². The molecule has 5 heteroatoms. The number of aliphatic hydroxyl groups excluding tert-OH is 4. The van der Waals surface area contributed by atoms with Crippen LogP contribution >= 0.6 is 0 Å². The van der Waals surface area contributed by atoms with Gasteiger partial charge in [0, 0.05) is 6.42 Å². The molecular weight excluding hydrogens is 140 g/mol. The van der Waals surface area contributed by atoms with Crippen molar-refractivity contribution < 1.29 is 25.2 Å². The topological polar surface area (TPSA) is 90.2 Å². The fourth-order valence-electron chi connectivity index (χ4n) is 0.804. The molecule has 0 spiro atoms. The van der Waals surface area contributed by atoms with Crippen molar-refractivity contribution in [1.29, 1.82) is 0 Å². The van der Waals surface area contributed by atoms with Crippen molar-refractivity contribution >= 4 is 0 Å². The molecule has 1 aliphatic heterocycles. The van der Waals surface area contributed by atoms with Crippen molar-refractivity contribution in [2.75, 3.05) is 0 Å². The predicted octanol–water partition coefficient (Wildman–Crippen LogP) is -2.23. The van der Waals surface area contributed by atoms with E-state index in [0.29, 0.717) is 0 Å². The average Bonchev–Trinajstić information content (AvgIpc) is 1.84. The van der Waals surface area contributed by atoms with E-state index in [2.05, 4.69) is 4.74 Å². The molecule has 1 fully saturated rings. The van der Waals surface area contributed by atoms with E-state index in [-0.39, 0.29) is 6.42 Å². The minimum Gasteiger partial charge on any atom is -0.388 e. The molecule has 0 aliphatic carbocycles. The van der Waals surface area contributed by atoms with Gasteiger partial charge >= 0.3 is 0 Å². The van der Waals surface area contributed by atoms with Crippen molar-refractivity contribution in [2.24, 2.45) is 0 Å². The highest BCUT2D eigenvalue weighted by Gasteiger charge is 2.33. The van der Waals surface area contributed by atoms with Gasteiger partial charge in [0.2, 0.25) is 0 Å². The quantitative estimate of drug-likeness (QED) is 0.313. The Morgan fingerprint density at radius 1 is 0.900 bits per heavy atom. The number of rotatable bonds is 0. The van der Waals surface area contributed by atoms with Gasteiger partial charge in [-0.2, -0.15) is 0 Å². The van der Waals surface area contributed by atoms with Crippen LogP contribution in [0.2, 0.25) is 0 Å². The molecule has 0 aromatic rings. The molecule has 60 valence electrons. The van der Waals surface area contributed by atoms with Crippen molar-refractivity contribution in [3.63, 3.8) is 0 Å². The molecule has 1 saturated heterocycles. The highest BCUT2D eigenvalue weighted by Crippen LogP contribution is 2.16. The van der Waals surface area contributed by atoms with Gasteiger partial charge in [0.15, 0.2) is 12.6 Å². The van der Waals surface area contributed by atoms with Crippen LogP contribution in [-0.4, -0.2) is 45.2 Å². The normalized spacial score (nSPS) is 49.2. The lowest BCUT2D eigenvalue weighted by Crippen LogP contribution is -2.46. The highest BCUT2D eigenvalue weighted by molar-refractivity contribution is 4.73. The molecule has 4 N–H and O–H groups in total. The number of aliphatic hydroxyl groups is 4. The van der Waals surface area contributed by atoms with Crippen molar-refractivity contribution in [3.05, 3.63) is 0 Å². The van der Waals surface area contributed by atoms with Crippen LogP contribution in [0.1, 0.15) is 6.42 Å². The van der Waals surface area contributed by atoms with Crippen LogP contribution in [0.25, 0.3) is 0 Å². The third-order valence-electron chi connectivity index (χ3n) is 1.42. The van der Waals surface area contributed by atoms with Gasteiger partial charge in [0.1, 0.15) is 12.2 Å². The molecule has 1 rings (SSSR count). The maximum Gasteiger partial charge on any atom is 0.184 e. The molecule has 4 atom stereocenters. The predicted molar refractivity (Wildman–Crippen MR) is 29.7 cm³/mol. The lowest BCUT2D eigenvalue weighted by Gasteiger charge is -2.31. The molecule has 0 aromatic carbocycles. The van der Waals surface area contributed by atoms with Gasteiger partial charge in [-0.25, -0.2) is 0 Å². The summed E-state index contributed by atoms with van der Waals surface area (Å²) in [5, 5.41) is 35.1. The Morgan fingerprint density at radius 2 is 1.30 bits per heavy atom. The minimum absolute atomic E-state index is 0.0671. The maximum atomic E-state index is 8.82. The first-order valence-electron chi connectivity index (χ1n) is 2.99. The largest absolute Gasteiger partial charge is 0.388 e. The summed E-state index contributed by atoms with van der Waals surface area (Å²) in [6.45, 7) is 0. The third-order valence-corrected chi connectivity index (χ3v) is 1.42. The van der Waals surface area contributed by atoms with Gasteiger partial charge < -0.3 is 25.2 Å². The van der Waals surface area contributed by atoms with E-state index in [1.807, 2.05) is 0 Å². The van der Waals surface area contributed by atoms with Crippen molar-refractivity contribution in [2.45, 2.75) is 31.2 Å². The second kappa shape index (κ2) is 2.81. The van der Waals surface area contributed by atoms with Gasteiger partial charge in [-0.05, 0) is 0 Å². The molecule has 4 unspecified atom stereocenters. The summed E-state index contributed by atoms with van der Waals surface area (Å²) in [4.78, 5) is 0. The molecule has 0 radical (unpaired) electrons. The summed E-state index contributed by atoms with van der Waals surface area (Å²) < 4.78 is 4.32. The van der Waals surface area contributed by atoms with Gasteiger partial charge in [0.05, 0.1) is 0 Å². The summed E-state index contributed by atoms with van der Waals surface area (Å²) in [5.74, 6) is 0. The summed E-state index contributed by atoms with van der Waals surface area (Å²) in [6, 6.07) is 0. The Morgan fingerprint density at radius 3 is 1.60 bits per heavy atom. The first kappa shape index (κ1) is 7.90. The molecule has 0 saturated carbocycles. The van der Waals surface area contributed by atoms with E-state index in [1.54, 1.807) is 0 Å². The lowest BCUT2D eigenvalue weighted by molar-refractivity contribution is -0.300. The molecule has 0 aromatic heterocycles. The van der Waals surface area contributed by atoms with Gasteiger partial charge in [-0.1, -0.05) is 0 Å². The standard InChI is InChI=1S/C5H10O5/c6-2-1-3(7)5(9)10-4(2)8/h2-9H,1H2. The molecule has 0 amide bonds. The fourth-order valence-corrected chi connectivity index (χ4v) is 0.804. The molecule has 10 heavy (non-hydrogen) atoms. The van der Waals surface area contributed by atoms with Crippen LogP contribution in [0.15, 0.2) is 0 Å². The fraction of sp³-hybridized carbons (Fsp3) is 1.00. The van der Waals surface area contributed by atoms with Crippen LogP contribution in [-0.2, 0) is 4.74 Å². The van der Waals surface area contributed by atoms with Crippen molar-refractivity contribution in [1.82, 2.24) is 0 Å². The van der Waals surface area contributed by atoms with Crippen LogP contribution < -0.4 is 0 Å². The summed E-state index contributed by atoms with van der Waals surface area (Å²) in [6.07, 6.45) is -5.07. The smallest absolute Gasteiger partial charge is 0.184 e. The first-order chi connectivity index (χ1) is 4.61. The van der Waals surface area contributed by atoms with E-state index in [1.165, 1.54) is 0 Å². The Hall–Kier alpha value is -0.200. The Balaban J connectivity index is 2.46. The third kappa shape index (κ3) is 1.44. The molecule has 0 bridgehead atoms. The highest BCUT2D eigenvalue weighted by atomic mass is 16.7. The van der Waals surface area contributed by atoms with Gasteiger partial charge in [0.25, 0.3) is 0 Å². The summed E-state index contributed by atoms with van der Waals surface area (Å²) >= 11 is 0. The minimum atomic E-state index is -1.39. The first-order valence-corrected chi connectivity index (χ1v) is 2.99. The monoisotopic (exact) mass is 150 g/mol. The van der Waals surface area contributed by atoms with E-state index in [9.17, 15) is 0 Å². The van der Waals surface area contributed by atoms with E-state index >= 15 is 0 Å². The number of hydrogen-bond acceptors (Lipinski definition) is 5. The van der Waals surface area contributed by atoms with Gasteiger partial charge in [-0.3, -0.25) is 0 Å². The lowest BCUT2D eigenvalue weighted by atomic mass is 10.1. The SMILES string of the molecule is OC1CC(O)C(O)OC1O. The Kier molecular flexibility index (Phi) is 2.22. The second-order valence-corrected chi connectivity index (χ2v) is 2.29. The van der Waals surface area contributed by atoms with Crippen LogP contribution in [0.3, 0.4) is 0 Å². The number of hydrogen-bond donors (Lipinski definition) is 4. The van der Waals surface area contributed by atoms with Crippen LogP contribution in [0.4, 0.5) is 0 Å². The molecule has 5 nitrogen and oxygen atoms in total. The zero-order chi connectivity index (χ0) is 7.72. The van der Waals surface area contributed by atoms with E-state index < -0.39 is 24.8 Å². The molecular formula is C5H10O5. The van der Waals surface area contributed by atoms with Crippen molar-refractivity contribution in [3.8, 4) is 0 Å². The second-order valence-electron chi connectivity index (χ2n) is 2.29. The van der Waals surface area contributed by atoms with E-state index in [0.717, 1.165) is 0 Å². The molecule has 1 aliphatic rings. The van der Waals surface area contributed by atoms with Crippen LogP contribution in [0, 0.1) is 0 Å². The number of ether oxygens (including phenoxy) is 1. The maximum absolute atomic E-state index is 8.82. The van der Waals surface area contributed by atoms with Crippen LogP contribution in [0.5, 0.6) is 0 Å². The average molecular weight is 150 g/mol. The summed E-state index contributed by atoms with van der Waals surface area (Å²) in [7, 11) is 0.